The number of aliphatic imine (C=N–C) groups is 1. The van der Waals surface area contributed by atoms with Crippen molar-refractivity contribution in [1.82, 2.24) is 5.32 Å². The van der Waals surface area contributed by atoms with Crippen LogP contribution in [-0.4, -0.2) is 24.3 Å². The third-order valence-corrected chi connectivity index (χ3v) is 4.25. The van der Waals surface area contributed by atoms with Crippen LogP contribution in [0, 0.1) is 0 Å². The molecule has 1 aliphatic heterocycles. The second kappa shape index (κ2) is 8.04. The summed E-state index contributed by atoms with van der Waals surface area (Å²) in [6.07, 6.45) is 0.775. The zero-order valence-corrected chi connectivity index (χ0v) is 15.4. The van der Waals surface area contributed by atoms with Gasteiger partial charge in [0, 0.05) is 19.1 Å². The third kappa shape index (κ3) is 4.42. The van der Waals surface area contributed by atoms with Gasteiger partial charge in [0.05, 0.1) is 18.3 Å². The Hall–Kier alpha value is -2.82. The summed E-state index contributed by atoms with van der Waals surface area (Å²) in [5.41, 5.74) is 4.20. The predicted octanol–water partition coefficient (Wildman–Crippen LogP) is 3.82. The number of amides is 1. The van der Waals surface area contributed by atoms with Crippen LogP contribution in [0.1, 0.15) is 31.9 Å². The zero-order chi connectivity index (χ0) is 18.5. The quantitative estimate of drug-likeness (QED) is 0.824. The topological polar surface area (TPSA) is 59.9 Å². The fourth-order valence-electron chi connectivity index (χ4n) is 2.95. The number of nitrogens with zero attached hydrogens (tertiary/aromatic N) is 1. The number of carbonyl (C=O) groups excluding carboxylic acids is 1. The molecule has 3 rings (SSSR count). The lowest BCUT2D eigenvalue weighted by Gasteiger charge is -2.11. The number of ether oxygens (including phenoxy) is 2. The Labute approximate surface area is 154 Å². The van der Waals surface area contributed by atoms with Crippen LogP contribution in [0.5, 0.6) is 11.5 Å². The molecule has 1 aliphatic rings. The van der Waals surface area contributed by atoms with Crippen molar-refractivity contribution in [3.05, 3.63) is 53.6 Å². The zero-order valence-electron chi connectivity index (χ0n) is 15.4. The highest BCUT2D eigenvalue weighted by Crippen LogP contribution is 2.29. The van der Waals surface area contributed by atoms with E-state index in [1.807, 2.05) is 38.1 Å². The number of hydrogen-bond donors (Lipinski definition) is 1. The number of nitrogens with one attached hydrogen (secondary N) is 1. The monoisotopic (exact) mass is 352 g/mol. The average molecular weight is 352 g/mol. The number of benzene rings is 2. The van der Waals surface area contributed by atoms with Crippen LogP contribution >= 0.6 is 0 Å². The molecule has 5 heteroatoms. The Bertz CT molecular complexity index is 813. The van der Waals surface area contributed by atoms with E-state index in [-0.39, 0.29) is 11.9 Å². The second-order valence-electron chi connectivity index (χ2n) is 6.36. The highest BCUT2D eigenvalue weighted by molar-refractivity contribution is 5.99. The van der Waals surface area contributed by atoms with Crippen LogP contribution < -0.4 is 14.8 Å². The maximum absolute atomic E-state index is 11.2. The number of carbonyl (C=O) groups is 1. The fourth-order valence-corrected chi connectivity index (χ4v) is 2.95. The molecule has 0 aromatic heterocycles. The minimum absolute atomic E-state index is 0.0411. The molecule has 0 fully saturated rings. The minimum atomic E-state index is -0.0524. The number of rotatable bonds is 7. The first-order valence-electron chi connectivity index (χ1n) is 8.87. The lowest BCUT2D eigenvalue weighted by Crippen LogP contribution is -2.37. The van der Waals surface area contributed by atoms with Crippen molar-refractivity contribution in [2.24, 2.45) is 4.99 Å². The molecule has 0 spiro atoms. The van der Waals surface area contributed by atoms with Crippen molar-refractivity contribution in [3.8, 4) is 11.5 Å². The van der Waals surface area contributed by atoms with Gasteiger partial charge in [-0.05, 0) is 55.3 Å². The molecule has 0 saturated heterocycles. The summed E-state index contributed by atoms with van der Waals surface area (Å²) in [7, 11) is 0. The molecule has 0 aliphatic carbocycles. The molecule has 0 saturated carbocycles. The smallest absolute Gasteiger partial charge is 0.217 e. The van der Waals surface area contributed by atoms with Gasteiger partial charge in [0.15, 0.2) is 0 Å². The van der Waals surface area contributed by atoms with Crippen LogP contribution in [0.2, 0.25) is 0 Å². The van der Waals surface area contributed by atoms with E-state index < -0.39 is 0 Å². The largest absolute Gasteiger partial charge is 0.494 e. The molecular formula is C21H24N2O3. The Morgan fingerprint density at radius 2 is 1.85 bits per heavy atom. The molecule has 26 heavy (non-hydrogen) atoms. The normalized spacial score (nSPS) is 13.6. The van der Waals surface area contributed by atoms with Crippen molar-refractivity contribution in [3.63, 3.8) is 0 Å². The van der Waals surface area contributed by atoms with E-state index >= 15 is 0 Å². The van der Waals surface area contributed by atoms with Crippen LogP contribution in [0.4, 0.5) is 5.69 Å². The Morgan fingerprint density at radius 1 is 1.15 bits per heavy atom. The molecule has 2 aromatic carbocycles. The van der Waals surface area contributed by atoms with E-state index in [9.17, 15) is 4.79 Å². The first-order valence-corrected chi connectivity index (χ1v) is 8.87. The summed E-state index contributed by atoms with van der Waals surface area (Å²) in [4.78, 5) is 15.9. The van der Waals surface area contributed by atoms with Gasteiger partial charge in [-0.2, -0.15) is 0 Å². The summed E-state index contributed by atoms with van der Waals surface area (Å²) >= 11 is 0. The summed E-state index contributed by atoms with van der Waals surface area (Å²) in [6.45, 7) is 6.58. The van der Waals surface area contributed by atoms with Gasteiger partial charge in [0.1, 0.15) is 18.1 Å². The van der Waals surface area contributed by atoms with Crippen molar-refractivity contribution in [1.29, 1.82) is 0 Å². The van der Waals surface area contributed by atoms with Crippen molar-refractivity contribution >= 4 is 17.3 Å². The number of hydrogen-bond acceptors (Lipinski definition) is 4. The fraction of sp³-hybridized carbons (Fsp3) is 0.333. The molecule has 5 nitrogen and oxygen atoms in total. The van der Waals surface area contributed by atoms with E-state index in [2.05, 4.69) is 28.5 Å². The van der Waals surface area contributed by atoms with Gasteiger partial charge in [-0.1, -0.05) is 12.1 Å². The van der Waals surface area contributed by atoms with Gasteiger partial charge in [-0.15, -0.1) is 0 Å². The van der Waals surface area contributed by atoms with E-state index in [0.717, 1.165) is 34.9 Å². The van der Waals surface area contributed by atoms with Crippen LogP contribution in [-0.2, 0) is 17.8 Å². The highest BCUT2D eigenvalue weighted by Gasteiger charge is 2.20. The Kier molecular flexibility index (Phi) is 5.56. The second-order valence-corrected chi connectivity index (χ2v) is 6.36. The third-order valence-electron chi connectivity index (χ3n) is 4.25. The SMILES string of the molecule is CCOc1ccc(OCc2ccc3c(c2)N=C(C(C)NC(C)=O)C3)cc1. The number of fused-ring (bicyclic) bond motifs is 1. The molecule has 1 amide bonds. The predicted molar refractivity (Wildman–Crippen MR) is 102 cm³/mol. The van der Waals surface area contributed by atoms with Gasteiger partial charge in [0.25, 0.3) is 0 Å². The van der Waals surface area contributed by atoms with Crippen molar-refractivity contribution in [2.75, 3.05) is 6.61 Å². The Balaban J connectivity index is 1.63. The molecular weight excluding hydrogens is 328 g/mol. The van der Waals surface area contributed by atoms with Gasteiger partial charge in [-0.3, -0.25) is 9.79 Å². The first kappa shape index (κ1) is 18.0. The Morgan fingerprint density at radius 3 is 2.50 bits per heavy atom. The van der Waals surface area contributed by atoms with E-state index in [1.165, 1.54) is 12.5 Å². The van der Waals surface area contributed by atoms with Crippen LogP contribution in [0.3, 0.4) is 0 Å². The van der Waals surface area contributed by atoms with Crippen LogP contribution in [0.15, 0.2) is 47.5 Å². The summed E-state index contributed by atoms with van der Waals surface area (Å²) in [6, 6.07) is 13.8. The van der Waals surface area contributed by atoms with Gasteiger partial charge < -0.3 is 14.8 Å². The molecule has 1 atom stereocenters. The van der Waals surface area contributed by atoms with Crippen molar-refractivity contribution < 1.29 is 14.3 Å². The molecule has 0 bridgehead atoms. The van der Waals surface area contributed by atoms with E-state index in [0.29, 0.717) is 13.2 Å². The van der Waals surface area contributed by atoms with Crippen LogP contribution in [0.25, 0.3) is 0 Å². The van der Waals surface area contributed by atoms with Gasteiger partial charge in [0.2, 0.25) is 5.91 Å². The standard InChI is InChI=1S/C21H24N2O3/c1-4-25-18-7-9-19(10-8-18)26-13-16-5-6-17-12-20(23-21(17)11-16)14(2)22-15(3)24/h5-11,14H,4,12-13H2,1-3H3,(H,22,24). The highest BCUT2D eigenvalue weighted by atomic mass is 16.5. The first-order chi connectivity index (χ1) is 12.5. The molecule has 2 aromatic rings. The molecule has 0 radical (unpaired) electrons. The summed E-state index contributed by atoms with van der Waals surface area (Å²) in [5.74, 6) is 1.60. The molecule has 1 N–H and O–H groups in total. The maximum Gasteiger partial charge on any atom is 0.217 e. The lowest BCUT2D eigenvalue weighted by atomic mass is 10.0. The van der Waals surface area contributed by atoms with Crippen molar-refractivity contribution in [2.45, 2.75) is 39.8 Å². The molecule has 1 heterocycles. The molecule has 136 valence electrons. The van der Waals surface area contributed by atoms with Gasteiger partial charge in [-0.25, -0.2) is 0 Å². The van der Waals surface area contributed by atoms with E-state index in [1.54, 1.807) is 0 Å². The molecule has 1 unspecified atom stereocenters. The lowest BCUT2D eigenvalue weighted by molar-refractivity contribution is -0.119. The maximum atomic E-state index is 11.2. The average Bonchev–Trinajstić information content (AvgIpc) is 3.04. The van der Waals surface area contributed by atoms with Gasteiger partial charge >= 0.3 is 0 Å². The van der Waals surface area contributed by atoms with E-state index in [4.69, 9.17) is 9.47 Å². The minimum Gasteiger partial charge on any atom is -0.494 e. The summed E-state index contributed by atoms with van der Waals surface area (Å²) in [5, 5.41) is 2.89. The summed E-state index contributed by atoms with van der Waals surface area (Å²) < 4.78 is 11.3.